The molecule has 0 spiro atoms. The predicted octanol–water partition coefficient (Wildman–Crippen LogP) is 3.44. The van der Waals surface area contributed by atoms with Gasteiger partial charge in [-0.25, -0.2) is 5.43 Å². The third-order valence-electron chi connectivity index (χ3n) is 3.86. The molecule has 0 bridgehead atoms. The minimum atomic E-state index is -0.712. The van der Waals surface area contributed by atoms with Crippen LogP contribution >= 0.6 is 11.3 Å². The molecule has 1 aromatic heterocycles. The van der Waals surface area contributed by atoms with E-state index in [0.29, 0.717) is 10.6 Å². The molecule has 3 aromatic rings. The largest absolute Gasteiger partial charge is 0.340 e. The Labute approximate surface area is 161 Å². The highest BCUT2D eigenvalue weighted by molar-refractivity contribution is 7.12. The van der Waals surface area contributed by atoms with E-state index in [4.69, 9.17) is 0 Å². The van der Waals surface area contributed by atoms with Gasteiger partial charge < -0.3 is 5.32 Å². The zero-order chi connectivity index (χ0) is 19.1. The third-order valence-corrected chi connectivity index (χ3v) is 4.73. The van der Waals surface area contributed by atoms with Gasteiger partial charge in [-0.15, -0.1) is 11.3 Å². The van der Waals surface area contributed by atoms with Crippen LogP contribution in [0, 0.1) is 0 Å². The molecule has 0 saturated heterocycles. The highest BCUT2D eigenvalue weighted by Gasteiger charge is 2.17. The topological polar surface area (TPSA) is 70.6 Å². The van der Waals surface area contributed by atoms with E-state index in [1.807, 2.05) is 66.0 Å². The fourth-order valence-electron chi connectivity index (χ4n) is 2.44. The van der Waals surface area contributed by atoms with E-state index in [9.17, 15) is 9.59 Å². The van der Waals surface area contributed by atoms with Gasteiger partial charge in [0, 0.05) is 11.1 Å². The lowest BCUT2D eigenvalue weighted by Gasteiger charge is -2.13. The van der Waals surface area contributed by atoms with Crippen molar-refractivity contribution in [2.75, 3.05) is 0 Å². The maximum absolute atomic E-state index is 12.4. The number of nitrogens with zero attached hydrogens (tertiary/aromatic N) is 1. The molecule has 6 heteroatoms. The molecule has 3 rings (SSSR count). The van der Waals surface area contributed by atoms with Crippen LogP contribution in [0.2, 0.25) is 0 Å². The average molecular weight is 377 g/mol. The van der Waals surface area contributed by atoms with Crippen LogP contribution in [-0.2, 0) is 4.79 Å². The van der Waals surface area contributed by atoms with Crippen LogP contribution in [0.15, 0.2) is 83.3 Å². The van der Waals surface area contributed by atoms with Crippen LogP contribution in [-0.4, -0.2) is 23.6 Å². The van der Waals surface area contributed by atoms with Gasteiger partial charge in [-0.05, 0) is 18.4 Å². The van der Waals surface area contributed by atoms with Gasteiger partial charge in [-0.3, -0.25) is 9.59 Å². The normalized spacial score (nSPS) is 11.3. The molecule has 2 aromatic carbocycles. The molecule has 2 N–H and O–H groups in total. The molecule has 1 atom stereocenters. The number of thiophene rings is 1. The van der Waals surface area contributed by atoms with Gasteiger partial charge in [-0.1, -0.05) is 66.7 Å². The first kappa shape index (κ1) is 18.5. The summed E-state index contributed by atoms with van der Waals surface area (Å²) in [5, 5.41) is 8.81. The van der Waals surface area contributed by atoms with Crippen LogP contribution in [0.3, 0.4) is 0 Å². The van der Waals surface area contributed by atoms with Crippen molar-refractivity contribution in [1.82, 2.24) is 10.7 Å². The Hall–Kier alpha value is -3.25. The maximum atomic E-state index is 12.4. The maximum Gasteiger partial charge on any atom is 0.262 e. The standard InChI is InChI=1S/C21H19N3O2S/c1-15(22-21(26)18-13-8-14-27-18)20(25)24-23-19(16-9-4-2-5-10-16)17-11-6-3-7-12-17/h2-15H,1H3,(H,22,26)(H,24,25). The van der Waals surface area contributed by atoms with Gasteiger partial charge in [-0.2, -0.15) is 5.10 Å². The number of hydrazone groups is 1. The lowest BCUT2D eigenvalue weighted by Crippen LogP contribution is -2.43. The van der Waals surface area contributed by atoms with Crippen molar-refractivity contribution in [1.29, 1.82) is 0 Å². The van der Waals surface area contributed by atoms with Gasteiger partial charge in [0.15, 0.2) is 0 Å². The van der Waals surface area contributed by atoms with Crippen molar-refractivity contribution in [2.24, 2.45) is 5.10 Å². The fraction of sp³-hybridized carbons (Fsp3) is 0.0952. The highest BCUT2D eigenvalue weighted by Crippen LogP contribution is 2.11. The van der Waals surface area contributed by atoms with E-state index in [0.717, 1.165) is 11.1 Å². The van der Waals surface area contributed by atoms with Crippen molar-refractivity contribution in [3.8, 4) is 0 Å². The van der Waals surface area contributed by atoms with Crippen molar-refractivity contribution in [3.05, 3.63) is 94.2 Å². The zero-order valence-corrected chi connectivity index (χ0v) is 15.6. The Kier molecular flexibility index (Phi) is 6.12. The number of amides is 2. The molecular weight excluding hydrogens is 358 g/mol. The summed E-state index contributed by atoms with van der Waals surface area (Å²) < 4.78 is 0. The fourth-order valence-corrected chi connectivity index (χ4v) is 3.06. The molecule has 0 aliphatic rings. The summed E-state index contributed by atoms with van der Waals surface area (Å²) in [5.41, 5.74) is 5.00. The summed E-state index contributed by atoms with van der Waals surface area (Å²) in [6, 6.07) is 22.0. The molecule has 1 unspecified atom stereocenters. The Morgan fingerprint density at radius 3 is 2.00 bits per heavy atom. The monoisotopic (exact) mass is 377 g/mol. The highest BCUT2D eigenvalue weighted by atomic mass is 32.1. The van der Waals surface area contributed by atoms with E-state index < -0.39 is 6.04 Å². The SMILES string of the molecule is CC(NC(=O)c1cccs1)C(=O)NN=C(c1ccccc1)c1ccccc1. The van der Waals surface area contributed by atoms with Crippen molar-refractivity contribution >= 4 is 28.9 Å². The molecule has 0 fully saturated rings. The molecule has 0 aliphatic heterocycles. The van der Waals surface area contributed by atoms with Gasteiger partial charge >= 0.3 is 0 Å². The van der Waals surface area contributed by atoms with Crippen LogP contribution in [0.25, 0.3) is 0 Å². The Morgan fingerprint density at radius 2 is 1.48 bits per heavy atom. The molecule has 0 radical (unpaired) electrons. The van der Waals surface area contributed by atoms with E-state index in [1.165, 1.54) is 11.3 Å². The first-order valence-corrected chi connectivity index (χ1v) is 9.36. The Bertz CT molecular complexity index is 881. The lowest BCUT2D eigenvalue weighted by atomic mass is 10.0. The smallest absolute Gasteiger partial charge is 0.262 e. The number of rotatable bonds is 6. The second kappa shape index (κ2) is 8.91. The van der Waals surface area contributed by atoms with E-state index in [-0.39, 0.29) is 11.8 Å². The minimum Gasteiger partial charge on any atom is -0.340 e. The number of nitrogens with one attached hydrogen (secondary N) is 2. The molecule has 1 heterocycles. The first-order chi connectivity index (χ1) is 13.1. The molecule has 2 amide bonds. The summed E-state index contributed by atoms with van der Waals surface area (Å²) in [5.74, 6) is -0.660. The number of carbonyl (C=O) groups is 2. The molecule has 136 valence electrons. The molecule has 0 aliphatic carbocycles. The van der Waals surface area contributed by atoms with Crippen LogP contribution in [0.1, 0.15) is 27.7 Å². The minimum absolute atomic E-state index is 0.275. The van der Waals surface area contributed by atoms with Gasteiger partial charge in [0.1, 0.15) is 6.04 Å². The van der Waals surface area contributed by atoms with Gasteiger partial charge in [0.25, 0.3) is 11.8 Å². The summed E-state index contributed by atoms with van der Waals surface area (Å²) in [7, 11) is 0. The molecular formula is C21H19N3O2S. The first-order valence-electron chi connectivity index (χ1n) is 8.48. The van der Waals surface area contributed by atoms with Crippen molar-refractivity contribution < 1.29 is 9.59 Å². The zero-order valence-electron chi connectivity index (χ0n) is 14.8. The summed E-state index contributed by atoms with van der Waals surface area (Å²) >= 11 is 1.33. The Balaban J connectivity index is 1.74. The van der Waals surface area contributed by atoms with E-state index in [2.05, 4.69) is 15.8 Å². The number of carbonyl (C=O) groups excluding carboxylic acids is 2. The van der Waals surface area contributed by atoms with Crippen LogP contribution in [0.4, 0.5) is 0 Å². The molecule has 5 nitrogen and oxygen atoms in total. The van der Waals surface area contributed by atoms with E-state index in [1.54, 1.807) is 19.1 Å². The van der Waals surface area contributed by atoms with Crippen LogP contribution < -0.4 is 10.7 Å². The number of hydrogen-bond donors (Lipinski definition) is 2. The van der Waals surface area contributed by atoms with Gasteiger partial charge in [0.2, 0.25) is 0 Å². The second-order valence-electron chi connectivity index (χ2n) is 5.84. The third kappa shape index (κ3) is 4.89. The quantitative estimate of drug-likeness (QED) is 0.510. The average Bonchev–Trinajstić information content (AvgIpc) is 3.24. The molecule has 0 saturated carbocycles. The summed E-state index contributed by atoms with van der Waals surface area (Å²) in [4.78, 5) is 25.0. The lowest BCUT2D eigenvalue weighted by molar-refractivity contribution is -0.122. The Morgan fingerprint density at radius 1 is 0.889 bits per heavy atom. The van der Waals surface area contributed by atoms with Gasteiger partial charge in [0.05, 0.1) is 10.6 Å². The molecule has 27 heavy (non-hydrogen) atoms. The predicted molar refractivity (Wildman–Crippen MR) is 108 cm³/mol. The van der Waals surface area contributed by atoms with Crippen LogP contribution in [0.5, 0.6) is 0 Å². The summed E-state index contributed by atoms with van der Waals surface area (Å²) in [6.07, 6.45) is 0. The van der Waals surface area contributed by atoms with Crippen molar-refractivity contribution in [3.63, 3.8) is 0 Å². The number of hydrogen-bond acceptors (Lipinski definition) is 4. The van der Waals surface area contributed by atoms with Crippen molar-refractivity contribution in [2.45, 2.75) is 13.0 Å². The van der Waals surface area contributed by atoms with E-state index >= 15 is 0 Å². The summed E-state index contributed by atoms with van der Waals surface area (Å²) in [6.45, 7) is 1.63. The number of benzene rings is 2. The second-order valence-corrected chi connectivity index (χ2v) is 6.79.